The number of aliphatic hydroxyl groups is 1. The fourth-order valence-corrected chi connectivity index (χ4v) is 2.76. The van der Waals surface area contributed by atoms with Gasteiger partial charge in [-0.1, -0.05) is 19.3 Å². The number of nitrogens with one attached hydrogen (secondary N) is 1. The van der Waals surface area contributed by atoms with Crippen LogP contribution in [0.2, 0.25) is 0 Å². The van der Waals surface area contributed by atoms with E-state index in [-0.39, 0.29) is 12.1 Å². The molecule has 1 fully saturated rings. The molecule has 0 saturated heterocycles. The molecule has 1 saturated carbocycles. The largest absolute Gasteiger partial charge is 0.394 e. The first-order chi connectivity index (χ1) is 8.13. The zero-order chi connectivity index (χ0) is 12.3. The highest BCUT2D eigenvalue weighted by atomic mass is 16.3. The quantitative estimate of drug-likeness (QED) is 0.845. The van der Waals surface area contributed by atoms with Crippen LogP contribution in [-0.4, -0.2) is 22.2 Å². The number of nitrogens with zero attached hydrogens (tertiary/aromatic N) is 1. The van der Waals surface area contributed by atoms with Gasteiger partial charge in [0.2, 0.25) is 0 Å². The van der Waals surface area contributed by atoms with Crippen molar-refractivity contribution in [3.05, 3.63) is 23.5 Å². The molecule has 0 bridgehead atoms. The van der Waals surface area contributed by atoms with E-state index in [1.54, 1.807) is 0 Å². The van der Waals surface area contributed by atoms with Crippen LogP contribution in [0.3, 0.4) is 0 Å². The Morgan fingerprint density at radius 2 is 1.76 bits per heavy atom. The van der Waals surface area contributed by atoms with Crippen LogP contribution in [0.1, 0.15) is 43.5 Å². The average Bonchev–Trinajstić information content (AvgIpc) is 2.29. The van der Waals surface area contributed by atoms with Crippen molar-refractivity contribution in [3.8, 4) is 0 Å². The molecular weight excluding hydrogens is 212 g/mol. The molecule has 0 aliphatic heterocycles. The molecule has 3 heteroatoms. The first kappa shape index (κ1) is 12.4. The summed E-state index contributed by atoms with van der Waals surface area (Å²) >= 11 is 0. The molecule has 1 aromatic rings. The molecule has 1 heterocycles. The van der Waals surface area contributed by atoms with Gasteiger partial charge in [0.15, 0.2) is 0 Å². The first-order valence-corrected chi connectivity index (χ1v) is 6.48. The molecular formula is C14H22N2O. The van der Waals surface area contributed by atoms with E-state index in [1.165, 1.54) is 19.3 Å². The SMILES string of the molecule is Cc1cc(NC2(CO)CCCCC2)cc(C)n1. The Hall–Kier alpha value is -1.09. The fraction of sp³-hybridized carbons (Fsp3) is 0.643. The summed E-state index contributed by atoms with van der Waals surface area (Å²) in [7, 11) is 0. The van der Waals surface area contributed by atoms with Crippen LogP contribution in [0.5, 0.6) is 0 Å². The number of aliphatic hydroxyl groups excluding tert-OH is 1. The zero-order valence-corrected chi connectivity index (χ0v) is 10.8. The summed E-state index contributed by atoms with van der Waals surface area (Å²) in [6, 6.07) is 4.11. The third-order valence-electron chi connectivity index (χ3n) is 3.60. The number of rotatable bonds is 3. The van der Waals surface area contributed by atoms with Crippen LogP contribution < -0.4 is 5.32 Å². The number of aryl methyl sites for hydroxylation is 2. The summed E-state index contributed by atoms with van der Waals surface area (Å²) in [6.45, 7) is 4.22. The Balaban J connectivity index is 2.17. The second-order valence-electron chi connectivity index (χ2n) is 5.26. The van der Waals surface area contributed by atoms with Gasteiger partial charge in [-0.2, -0.15) is 0 Å². The van der Waals surface area contributed by atoms with Crippen LogP contribution in [0.25, 0.3) is 0 Å². The molecule has 1 aliphatic carbocycles. The summed E-state index contributed by atoms with van der Waals surface area (Å²) in [6.07, 6.45) is 5.82. The molecule has 0 amide bonds. The highest BCUT2D eigenvalue weighted by molar-refractivity contribution is 5.47. The van der Waals surface area contributed by atoms with Crippen molar-refractivity contribution in [1.82, 2.24) is 4.98 Å². The minimum atomic E-state index is -0.113. The second kappa shape index (κ2) is 5.05. The Morgan fingerprint density at radius 3 is 2.29 bits per heavy atom. The molecule has 94 valence electrons. The fourth-order valence-electron chi connectivity index (χ4n) is 2.76. The molecule has 1 aliphatic rings. The molecule has 0 atom stereocenters. The Kier molecular flexibility index (Phi) is 3.67. The standard InChI is InChI=1S/C14H22N2O/c1-11-8-13(9-12(2)15-11)16-14(10-17)6-4-3-5-7-14/h8-9,17H,3-7,10H2,1-2H3,(H,15,16). The lowest BCUT2D eigenvalue weighted by atomic mass is 9.82. The van der Waals surface area contributed by atoms with Gasteiger partial charge in [0.25, 0.3) is 0 Å². The maximum atomic E-state index is 9.66. The van der Waals surface area contributed by atoms with Crippen LogP contribution >= 0.6 is 0 Å². The number of hydrogen-bond acceptors (Lipinski definition) is 3. The van der Waals surface area contributed by atoms with Crippen molar-refractivity contribution in [1.29, 1.82) is 0 Å². The maximum Gasteiger partial charge on any atom is 0.0661 e. The van der Waals surface area contributed by atoms with Gasteiger partial charge < -0.3 is 10.4 Å². The van der Waals surface area contributed by atoms with Gasteiger partial charge in [-0.25, -0.2) is 0 Å². The molecule has 2 rings (SSSR count). The second-order valence-corrected chi connectivity index (χ2v) is 5.26. The molecule has 1 aromatic heterocycles. The topological polar surface area (TPSA) is 45.1 Å². The van der Waals surface area contributed by atoms with Gasteiger partial charge in [-0.15, -0.1) is 0 Å². The number of hydrogen-bond donors (Lipinski definition) is 2. The first-order valence-electron chi connectivity index (χ1n) is 6.48. The molecule has 17 heavy (non-hydrogen) atoms. The number of pyridine rings is 1. The smallest absolute Gasteiger partial charge is 0.0661 e. The molecule has 3 nitrogen and oxygen atoms in total. The predicted molar refractivity (Wildman–Crippen MR) is 70.2 cm³/mol. The summed E-state index contributed by atoms with van der Waals surface area (Å²) in [5.41, 5.74) is 3.03. The number of aromatic nitrogens is 1. The lowest BCUT2D eigenvalue weighted by molar-refractivity contribution is 0.173. The van der Waals surface area contributed by atoms with Crippen molar-refractivity contribution in [2.24, 2.45) is 0 Å². The lowest BCUT2D eigenvalue weighted by Gasteiger charge is -2.37. The number of anilines is 1. The van der Waals surface area contributed by atoms with Gasteiger partial charge in [0.1, 0.15) is 0 Å². The monoisotopic (exact) mass is 234 g/mol. The van der Waals surface area contributed by atoms with E-state index in [2.05, 4.69) is 22.4 Å². The molecule has 0 radical (unpaired) electrons. The Morgan fingerprint density at radius 1 is 1.18 bits per heavy atom. The third kappa shape index (κ3) is 2.97. The lowest BCUT2D eigenvalue weighted by Crippen LogP contribution is -2.43. The zero-order valence-electron chi connectivity index (χ0n) is 10.8. The summed E-state index contributed by atoms with van der Waals surface area (Å²) in [5, 5.41) is 13.2. The van der Waals surface area contributed by atoms with Crippen LogP contribution in [0, 0.1) is 13.8 Å². The minimum absolute atomic E-state index is 0.113. The van der Waals surface area contributed by atoms with Gasteiger partial charge in [-0.3, -0.25) is 4.98 Å². The summed E-state index contributed by atoms with van der Waals surface area (Å²) in [5.74, 6) is 0. The maximum absolute atomic E-state index is 9.66. The van der Waals surface area contributed by atoms with Crippen LogP contribution in [0.15, 0.2) is 12.1 Å². The van der Waals surface area contributed by atoms with Gasteiger partial charge >= 0.3 is 0 Å². The summed E-state index contributed by atoms with van der Waals surface area (Å²) < 4.78 is 0. The highest BCUT2D eigenvalue weighted by Gasteiger charge is 2.31. The molecule has 0 unspecified atom stereocenters. The van der Waals surface area contributed by atoms with E-state index in [1.807, 2.05) is 13.8 Å². The van der Waals surface area contributed by atoms with Crippen LogP contribution in [-0.2, 0) is 0 Å². The van der Waals surface area contributed by atoms with E-state index in [4.69, 9.17) is 0 Å². The normalized spacial score (nSPS) is 19.0. The van der Waals surface area contributed by atoms with E-state index in [9.17, 15) is 5.11 Å². The van der Waals surface area contributed by atoms with E-state index >= 15 is 0 Å². The van der Waals surface area contributed by atoms with Crippen LogP contribution in [0.4, 0.5) is 5.69 Å². The van der Waals surface area contributed by atoms with Gasteiger partial charge in [0.05, 0.1) is 12.1 Å². The Labute approximate surface area is 103 Å². The van der Waals surface area contributed by atoms with Crippen molar-refractivity contribution < 1.29 is 5.11 Å². The summed E-state index contributed by atoms with van der Waals surface area (Å²) in [4.78, 5) is 4.37. The molecule has 0 aromatic carbocycles. The van der Waals surface area contributed by atoms with E-state index in [0.29, 0.717) is 0 Å². The van der Waals surface area contributed by atoms with Gasteiger partial charge in [0, 0.05) is 17.1 Å². The van der Waals surface area contributed by atoms with E-state index in [0.717, 1.165) is 29.9 Å². The average molecular weight is 234 g/mol. The third-order valence-corrected chi connectivity index (χ3v) is 3.60. The predicted octanol–water partition coefficient (Wildman–Crippen LogP) is 2.81. The Bertz CT molecular complexity index is 364. The van der Waals surface area contributed by atoms with Crippen molar-refractivity contribution in [3.63, 3.8) is 0 Å². The molecule has 2 N–H and O–H groups in total. The van der Waals surface area contributed by atoms with Crippen molar-refractivity contribution in [2.45, 2.75) is 51.5 Å². The van der Waals surface area contributed by atoms with Crippen molar-refractivity contribution in [2.75, 3.05) is 11.9 Å². The van der Waals surface area contributed by atoms with Gasteiger partial charge in [-0.05, 0) is 38.8 Å². The highest BCUT2D eigenvalue weighted by Crippen LogP contribution is 2.31. The van der Waals surface area contributed by atoms with E-state index < -0.39 is 0 Å². The minimum Gasteiger partial charge on any atom is -0.394 e. The molecule has 0 spiro atoms. The van der Waals surface area contributed by atoms with Crippen molar-refractivity contribution >= 4 is 5.69 Å².